The molecule has 0 atom stereocenters. The van der Waals surface area contributed by atoms with Crippen molar-refractivity contribution in [1.29, 1.82) is 0 Å². The van der Waals surface area contributed by atoms with E-state index in [2.05, 4.69) is 6.58 Å². The minimum Gasteiger partial charge on any atom is -0.478 e. The minimum atomic E-state index is -1.06. The third-order valence-electron chi connectivity index (χ3n) is 1.93. The van der Waals surface area contributed by atoms with Crippen molar-refractivity contribution < 1.29 is 19.4 Å². The topological polar surface area (TPSA) is 63.6 Å². The molecule has 1 rings (SSSR count). The second kappa shape index (κ2) is 5.11. The summed E-state index contributed by atoms with van der Waals surface area (Å²) >= 11 is 0. The monoisotopic (exact) mass is 220 g/mol. The summed E-state index contributed by atoms with van der Waals surface area (Å²) in [6, 6.07) is 6.78. The number of carbonyl (C=O) groups excluding carboxylic acids is 1. The van der Waals surface area contributed by atoms with Crippen LogP contribution in [0, 0.1) is 0 Å². The number of carboxylic acids is 1. The van der Waals surface area contributed by atoms with Crippen molar-refractivity contribution in [2.24, 2.45) is 0 Å². The highest BCUT2D eigenvalue weighted by Crippen LogP contribution is 2.20. The molecule has 0 saturated carbocycles. The van der Waals surface area contributed by atoms with Crippen molar-refractivity contribution in [1.82, 2.24) is 0 Å². The van der Waals surface area contributed by atoms with Gasteiger partial charge in [0.2, 0.25) is 0 Å². The van der Waals surface area contributed by atoms with Gasteiger partial charge in [-0.25, -0.2) is 4.79 Å². The van der Waals surface area contributed by atoms with E-state index >= 15 is 0 Å². The van der Waals surface area contributed by atoms with E-state index < -0.39 is 11.9 Å². The summed E-state index contributed by atoms with van der Waals surface area (Å²) in [5.74, 6) is -1.12. The molecular formula is C12H12O4. The van der Waals surface area contributed by atoms with Crippen LogP contribution in [0.2, 0.25) is 0 Å². The van der Waals surface area contributed by atoms with Crippen molar-refractivity contribution >= 4 is 11.9 Å². The third kappa shape index (κ3) is 3.24. The van der Waals surface area contributed by atoms with Gasteiger partial charge in [0, 0.05) is 18.9 Å². The molecule has 4 nitrogen and oxygen atoms in total. The Bertz CT molecular complexity index is 434. The lowest BCUT2D eigenvalue weighted by Gasteiger charge is -2.08. The molecule has 0 aliphatic rings. The van der Waals surface area contributed by atoms with E-state index in [1.807, 2.05) is 0 Å². The summed E-state index contributed by atoms with van der Waals surface area (Å²) in [6.07, 6.45) is 0.152. The van der Waals surface area contributed by atoms with Gasteiger partial charge in [-0.15, -0.1) is 0 Å². The van der Waals surface area contributed by atoms with E-state index in [4.69, 9.17) is 9.84 Å². The van der Waals surface area contributed by atoms with E-state index in [9.17, 15) is 9.59 Å². The molecule has 0 bridgehead atoms. The molecule has 0 aliphatic heterocycles. The molecule has 16 heavy (non-hydrogen) atoms. The molecule has 0 radical (unpaired) electrons. The van der Waals surface area contributed by atoms with Crippen LogP contribution in [-0.4, -0.2) is 17.0 Å². The van der Waals surface area contributed by atoms with Crippen molar-refractivity contribution in [2.45, 2.75) is 13.3 Å². The van der Waals surface area contributed by atoms with Gasteiger partial charge in [0.25, 0.3) is 0 Å². The maximum atomic E-state index is 10.8. The number of hydrogen-bond acceptors (Lipinski definition) is 3. The number of esters is 1. The van der Waals surface area contributed by atoms with Crippen LogP contribution < -0.4 is 4.74 Å². The van der Waals surface area contributed by atoms with Crippen molar-refractivity contribution in [3.63, 3.8) is 0 Å². The standard InChI is InChI=1S/C12H12O4/c1-8(12(14)15)7-10-5-3-4-6-11(10)16-9(2)13/h3-6H,1,7H2,2H3,(H,14,15). The fourth-order valence-electron chi connectivity index (χ4n) is 1.21. The van der Waals surface area contributed by atoms with Crippen LogP contribution in [0.25, 0.3) is 0 Å². The Balaban J connectivity index is 2.90. The first-order valence-electron chi connectivity index (χ1n) is 4.68. The Labute approximate surface area is 93.2 Å². The minimum absolute atomic E-state index is 0.0552. The van der Waals surface area contributed by atoms with Gasteiger partial charge in [-0.05, 0) is 11.6 Å². The average molecular weight is 220 g/mol. The van der Waals surface area contributed by atoms with Crippen LogP contribution in [0.3, 0.4) is 0 Å². The number of hydrogen-bond donors (Lipinski definition) is 1. The Kier molecular flexibility index (Phi) is 3.83. The molecule has 0 aromatic heterocycles. The van der Waals surface area contributed by atoms with Gasteiger partial charge < -0.3 is 9.84 Å². The third-order valence-corrected chi connectivity index (χ3v) is 1.93. The molecule has 1 aromatic rings. The number of rotatable bonds is 4. The molecule has 0 aliphatic carbocycles. The van der Waals surface area contributed by atoms with Crippen LogP contribution in [-0.2, 0) is 16.0 Å². The summed E-state index contributed by atoms with van der Waals surface area (Å²) in [5, 5.41) is 8.71. The quantitative estimate of drug-likeness (QED) is 0.477. The second-order valence-corrected chi connectivity index (χ2v) is 3.29. The zero-order valence-corrected chi connectivity index (χ0v) is 8.90. The molecule has 0 fully saturated rings. The van der Waals surface area contributed by atoms with Crippen molar-refractivity contribution in [3.8, 4) is 5.75 Å². The zero-order chi connectivity index (χ0) is 12.1. The predicted octanol–water partition coefficient (Wildman–Crippen LogP) is 1.80. The highest BCUT2D eigenvalue weighted by Gasteiger charge is 2.10. The first-order valence-corrected chi connectivity index (χ1v) is 4.68. The molecule has 0 heterocycles. The van der Waals surface area contributed by atoms with Crippen molar-refractivity contribution in [3.05, 3.63) is 42.0 Å². The molecule has 0 amide bonds. The first-order chi connectivity index (χ1) is 7.50. The van der Waals surface area contributed by atoms with E-state index in [0.717, 1.165) is 0 Å². The lowest BCUT2D eigenvalue weighted by Crippen LogP contribution is -2.07. The molecule has 0 unspecified atom stereocenters. The van der Waals surface area contributed by atoms with Gasteiger partial charge in [-0.1, -0.05) is 24.8 Å². The number of benzene rings is 1. The van der Waals surface area contributed by atoms with E-state index in [0.29, 0.717) is 11.3 Å². The summed E-state index contributed by atoms with van der Waals surface area (Å²) in [4.78, 5) is 21.5. The largest absolute Gasteiger partial charge is 0.478 e. The molecule has 1 N–H and O–H groups in total. The predicted molar refractivity (Wildman–Crippen MR) is 58.2 cm³/mol. The zero-order valence-electron chi connectivity index (χ0n) is 8.90. The molecule has 0 spiro atoms. The maximum Gasteiger partial charge on any atom is 0.331 e. The number of ether oxygens (including phenoxy) is 1. The van der Waals surface area contributed by atoms with Crippen LogP contribution >= 0.6 is 0 Å². The highest BCUT2D eigenvalue weighted by molar-refractivity contribution is 5.86. The Hall–Kier alpha value is -2.10. The van der Waals surface area contributed by atoms with Crippen LogP contribution in [0.15, 0.2) is 36.4 Å². The first kappa shape index (κ1) is 12.0. The summed E-state index contributed by atoms with van der Waals surface area (Å²) in [6.45, 7) is 4.72. The Morgan fingerprint density at radius 3 is 2.56 bits per heavy atom. The van der Waals surface area contributed by atoms with Crippen LogP contribution in [0.4, 0.5) is 0 Å². The molecule has 0 saturated heterocycles. The van der Waals surface area contributed by atoms with E-state index in [1.54, 1.807) is 24.3 Å². The number of para-hydroxylation sites is 1. The molecular weight excluding hydrogens is 208 g/mol. The van der Waals surface area contributed by atoms with Gasteiger partial charge >= 0.3 is 11.9 Å². The van der Waals surface area contributed by atoms with E-state index in [1.165, 1.54) is 6.92 Å². The lowest BCUT2D eigenvalue weighted by molar-refractivity contribution is -0.133. The Morgan fingerprint density at radius 2 is 2.00 bits per heavy atom. The number of carbonyl (C=O) groups is 2. The normalized spacial score (nSPS) is 9.56. The summed E-state index contributed by atoms with van der Waals surface area (Å²) < 4.78 is 4.95. The lowest BCUT2D eigenvalue weighted by atomic mass is 10.1. The van der Waals surface area contributed by atoms with Gasteiger partial charge in [0.15, 0.2) is 0 Å². The highest BCUT2D eigenvalue weighted by atomic mass is 16.5. The fraction of sp³-hybridized carbons (Fsp3) is 0.167. The van der Waals surface area contributed by atoms with Crippen molar-refractivity contribution in [2.75, 3.05) is 0 Å². The van der Waals surface area contributed by atoms with Crippen LogP contribution in [0.5, 0.6) is 5.75 Å². The van der Waals surface area contributed by atoms with Gasteiger partial charge in [-0.2, -0.15) is 0 Å². The molecule has 4 heteroatoms. The fourth-order valence-corrected chi connectivity index (χ4v) is 1.21. The SMILES string of the molecule is C=C(Cc1ccccc1OC(C)=O)C(=O)O. The molecule has 1 aromatic carbocycles. The number of aliphatic carboxylic acids is 1. The average Bonchev–Trinajstić information content (AvgIpc) is 2.20. The van der Waals surface area contributed by atoms with Crippen LogP contribution in [0.1, 0.15) is 12.5 Å². The van der Waals surface area contributed by atoms with Gasteiger partial charge in [-0.3, -0.25) is 4.79 Å². The second-order valence-electron chi connectivity index (χ2n) is 3.29. The van der Waals surface area contributed by atoms with Gasteiger partial charge in [0.1, 0.15) is 5.75 Å². The number of carboxylic acid groups (broad SMARTS) is 1. The summed E-state index contributed by atoms with van der Waals surface area (Å²) in [5.41, 5.74) is 0.685. The van der Waals surface area contributed by atoms with Gasteiger partial charge in [0.05, 0.1) is 0 Å². The maximum absolute atomic E-state index is 10.8. The smallest absolute Gasteiger partial charge is 0.331 e. The Morgan fingerprint density at radius 1 is 1.38 bits per heavy atom. The van der Waals surface area contributed by atoms with E-state index in [-0.39, 0.29) is 12.0 Å². The summed E-state index contributed by atoms with van der Waals surface area (Å²) in [7, 11) is 0. The molecule has 84 valence electrons.